The van der Waals surface area contributed by atoms with Gasteiger partial charge < -0.3 is 4.98 Å². The average molecular weight is 351 g/mol. The highest BCUT2D eigenvalue weighted by atomic mass is 14.7. The van der Waals surface area contributed by atoms with Crippen LogP contribution in [0.25, 0.3) is 22.4 Å². The highest BCUT2D eigenvalue weighted by molar-refractivity contribution is 5.90. The molecule has 0 unspecified atom stereocenters. The van der Waals surface area contributed by atoms with E-state index in [1.54, 1.807) is 5.56 Å². The maximum atomic E-state index is 3.50. The van der Waals surface area contributed by atoms with Crippen LogP contribution in [0, 0.1) is 0 Å². The Morgan fingerprint density at radius 2 is 1.67 bits per heavy atom. The minimum absolute atomic E-state index is 0.392. The summed E-state index contributed by atoms with van der Waals surface area (Å²) in [5, 5.41) is 0. The number of aromatic amines is 1. The summed E-state index contributed by atoms with van der Waals surface area (Å²) in [6.45, 7) is 4.62. The largest absolute Gasteiger partial charge is 0.361 e. The van der Waals surface area contributed by atoms with Crippen molar-refractivity contribution in [2.75, 3.05) is 0 Å². The SMILES string of the molecule is CCc1c(CC)c(C2C=CC=C2)c2c(c1-c1ccc[nH]1)Cc1ccccc1-2. The van der Waals surface area contributed by atoms with Gasteiger partial charge in [0, 0.05) is 23.4 Å². The molecule has 0 saturated carbocycles. The van der Waals surface area contributed by atoms with Gasteiger partial charge in [-0.25, -0.2) is 0 Å². The van der Waals surface area contributed by atoms with E-state index in [0.29, 0.717) is 5.92 Å². The summed E-state index contributed by atoms with van der Waals surface area (Å²) < 4.78 is 0. The van der Waals surface area contributed by atoms with Crippen LogP contribution >= 0.6 is 0 Å². The zero-order chi connectivity index (χ0) is 18.4. The second-order valence-electron chi connectivity index (χ2n) is 7.52. The summed E-state index contributed by atoms with van der Waals surface area (Å²) in [6, 6.07) is 13.3. The van der Waals surface area contributed by atoms with E-state index < -0.39 is 0 Å². The van der Waals surface area contributed by atoms with Crippen molar-refractivity contribution in [3.05, 3.63) is 94.7 Å². The van der Waals surface area contributed by atoms with Crippen molar-refractivity contribution in [2.45, 2.75) is 39.0 Å². The molecule has 2 aliphatic carbocycles. The number of fused-ring (bicyclic) bond motifs is 3. The molecule has 1 heteroatoms. The third-order valence-electron chi connectivity index (χ3n) is 6.17. The molecule has 0 atom stereocenters. The Labute approximate surface area is 161 Å². The Morgan fingerprint density at radius 3 is 2.37 bits per heavy atom. The van der Waals surface area contributed by atoms with Crippen LogP contribution in [0.5, 0.6) is 0 Å². The molecule has 134 valence electrons. The lowest BCUT2D eigenvalue weighted by molar-refractivity contribution is 0.966. The quantitative estimate of drug-likeness (QED) is 0.427. The van der Waals surface area contributed by atoms with Crippen LogP contribution in [0.1, 0.15) is 47.6 Å². The Bertz CT molecular complexity index is 1050. The maximum Gasteiger partial charge on any atom is 0.0459 e. The van der Waals surface area contributed by atoms with Crippen molar-refractivity contribution in [2.24, 2.45) is 0 Å². The number of rotatable bonds is 4. The molecule has 2 aromatic carbocycles. The minimum Gasteiger partial charge on any atom is -0.361 e. The Balaban J connectivity index is 1.92. The molecular formula is C26H25N. The first kappa shape index (κ1) is 16.4. The maximum absolute atomic E-state index is 3.50. The lowest BCUT2D eigenvalue weighted by Crippen LogP contribution is -2.08. The number of allylic oxidation sites excluding steroid dienone is 4. The van der Waals surface area contributed by atoms with Gasteiger partial charge in [-0.1, -0.05) is 62.4 Å². The molecule has 0 amide bonds. The number of benzene rings is 2. The summed E-state index contributed by atoms with van der Waals surface area (Å²) in [5.41, 5.74) is 13.2. The lowest BCUT2D eigenvalue weighted by atomic mass is 9.79. The van der Waals surface area contributed by atoms with E-state index in [1.165, 1.54) is 44.6 Å². The molecule has 2 aliphatic rings. The van der Waals surface area contributed by atoms with Crippen molar-refractivity contribution in [3.63, 3.8) is 0 Å². The molecule has 27 heavy (non-hydrogen) atoms. The van der Waals surface area contributed by atoms with Gasteiger partial charge in [-0.2, -0.15) is 0 Å². The summed E-state index contributed by atoms with van der Waals surface area (Å²) in [6.07, 6.45) is 14.3. The first-order valence-corrected chi connectivity index (χ1v) is 10.1. The topological polar surface area (TPSA) is 15.8 Å². The number of aromatic nitrogens is 1. The molecule has 0 bridgehead atoms. The van der Waals surface area contributed by atoms with Gasteiger partial charge in [-0.05, 0) is 70.3 Å². The van der Waals surface area contributed by atoms with Crippen molar-refractivity contribution in [1.82, 2.24) is 4.98 Å². The van der Waals surface area contributed by atoms with E-state index in [9.17, 15) is 0 Å². The van der Waals surface area contributed by atoms with Crippen LogP contribution in [0.15, 0.2) is 66.9 Å². The molecule has 0 fully saturated rings. The molecule has 3 aromatic rings. The highest BCUT2D eigenvalue weighted by Crippen LogP contribution is 2.50. The highest BCUT2D eigenvalue weighted by Gasteiger charge is 2.31. The minimum atomic E-state index is 0.392. The Hall–Kier alpha value is -2.80. The number of hydrogen-bond acceptors (Lipinski definition) is 0. The standard InChI is InChI=1S/C26H25N/c1-3-19-20(4-2)25(23-14-9-15-27-23)22-16-18-12-7-8-13-21(18)26(22)24(19)17-10-5-6-11-17/h5-15,17,27H,3-4,16H2,1-2H3. The summed E-state index contributed by atoms with van der Waals surface area (Å²) >= 11 is 0. The monoisotopic (exact) mass is 351 g/mol. The molecule has 1 aromatic heterocycles. The van der Waals surface area contributed by atoms with Crippen molar-refractivity contribution < 1.29 is 0 Å². The molecule has 1 nitrogen and oxygen atoms in total. The fourth-order valence-electron chi connectivity index (χ4n) is 5.12. The summed E-state index contributed by atoms with van der Waals surface area (Å²) in [4.78, 5) is 3.50. The fraction of sp³-hybridized carbons (Fsp3) is 0.231. The lowest BCUT2D eigenvalue weighted by Gasteiger charge is -2.25. The van der Waals surface area contributed by atoms with Gasteiger partial charge in [0.25, 0.3) is 0 Å². The molecule has 0 spiro atoms. The molecule has 0 aliphatic heterocycles. The van der Waals surface area contributed by atoms with Gasteiger partial charge in [-0.3, -0.25) is 0 Å². The van der Waals surface area contributed by atoms with Crippen molar-refractivity contribution in [3.8, 4) is 22.4 Å². The van der Waals surface area contributed by atoms with Crippen LogP contribution in [0.3, 0.4) is 0 Å². The van der Waals surface area contributed by atoms with Gasteiger partial charge in [0.2, 0.25) is 0 Å². The van der Waals surface area contributed by atoms with E-state index in [2.05, 4.69) is 79.5 Å². The van der Waals surface area contributed by atoms with Gasteiger partial charge in [-0.15, -0.1) is 0 Å². The van der Waals surface area contributed by atoms with Gasteiger partial charge in [0.1, 0.15) is 0 Å². The number of hydrogen-bond donors (Lipinski definition) is 1. The predicted octanol–water partition coefficient (Wildman–Crippen LogP) is 6.59. The van der Waals surface area contributed by atoms with Gasteiger partial charge in [0.05, 0.1) is 0 Å². The van der Waals surface area contributed by atoms with E-state index in [-0.39, 0.29) is 0 Å². The Morgan fingerprint density at radius 1 is 0.889 bits per heavy atom. The number of H-pyrrole nitrogens is 1. The zero-order valence-electron chi connectivity index (χ0n) is 16.0. The molecule has 1 heterocycles. The Kier molecular flexibility index (Phi) is 3.89. The van der Waals surface area contributed by atoms with Crippen molar-refractivity contribution >= 4 is 0 Å². The second kappa shape index (κ2) is 6.42. The summed E-state index contributed by atoms with van der Waals surface area (Å²) in [5.74, 6) is 0.392. The molecular weight excluding hydrogens is 326 g/mol. The third kappa shape index (κ3) is 2.38. The number of nitrogens with one attached hydrogen (secondary N) is 1. The van der Waals surface area contributed by atoms with Crippen LogP contribution in [0.4, 0.5) is 0 Å². The van der Waals surface area contributed by atoms with Crippen LogP contribution < -0.4 is 0 Å². The zero-order valence-corrected chi connectivity index (χ0v) is 16.0. The smallest absolute Gasteiger partial charge is 0.0459 e. The van der Waals surface area contributed by atoms with Crippen LogP contribution in [0.2, 0.25) is 0 Å². The van der Waals surface area contributed by atoms with Crippen LogP contribution in [-0.4, -0.2) is 4.98 Å². The molecule has 0 saturated heterocycles. The van der Waals surface area contributed by atoms with E-state index in [4.69, 9.17) is 0 Å². The average Bonchev–Trinajstić information content (AvgIpc) is 3.46. The first-order chi connectivity index (χ1) is 13.3. The van der Waals surface area contributed by atoms with E-state index in [1.807, 2.05) is 6.20 Å². The molecule has 1 N–H and O–H groups in total. The van der Waals surface area contributed by atoms with Gasteiger partial charge in [0.15, 0.2) is 0 Å². The first-order valence-electron chi connectivity index (χ1n) is 10.1. The van der Waals surface area contributed by atoms with Crippen molar-refractivity contribution in [1.29, 1.82) is 0 Å². The fourth-order valence-corrected chi connectivity index (χ4v) is 5.12. The molecule has 0 radical (unpaired) electrons. The normalized spacial score (nSPS) is 14.7. The van der Waals surface area contributed by atoms with Gasteiger partial charge >= 0.3 is 0 Å². The third-order valence-corrected chi connectivity index (χ3v) is 6.17. The van der Waals surface area contributed by atoms with E-state index in [0.717, 1.165) is 19.3 Å². The molecule has 5 rings (SSSR count). The van der Waals surface area contributed by atoms with E-state index >= 15 is 0 Å². The second-order valence-corrected chi connectivity index (χ2v) is 7.52. The summed E-state index contributed by atoms with van der Waals surface area (Å²) in [7, 11) is 0. The van der Waals surface area contributed by atoms with Crippen LogP contribution in [-0.2, 0) is 19.3 Å². The predicted molar refractivity (Wildman–Crippen MR) is 114 cm³/mol.